The van der Waals surface area contributed by atoms with Gasteiger partial charge in [0.05, 0.1) is 17.3 Å². The maximum atomic E-state index is 10.3. The monoisotopic (exact) mass is 243 g/mol. The Morgan fingerprint density at radius 2 is 1.94 bits per heavy atom. The van der Waals surface area contributed by atoms with Gasteiger partial charge in [-0.15, -0.1) is 0 Å². The van der Waals surface area contributed by atoms with Gasteiger partial charge < -0.3 is 19.9 Å². The van der Waals surface area contributed by atoms with Crippen LogP contribution in [0.4, 0.5) is 0 Å². The number of ether oxygens (including phenoxy) is 2. The van der Waals surface area contributed by atoms with E-state index in [0.29, 0.717) is 25.9 Å². The van der Waals surface area contributed by atoms with Crippen molar-refractivity contribution in [3.63, 3.8) is 0 Å². The fraction of sp³-hybridized carbons (Fsp3) is 1.00. The number of rotatable bonds is 4. The topological polar surface area (TPSA) is 50.7 Å². The molecule has 100 valence electrons. The molecule has 0 aromatic heterocycles. The van der Waals surface area contributed by atoms with Crippen molar-refractivity contribution in [1.82, 2.24) is 5.32 Å². The van der Waals surface area contributed by atoms with Crippen LogP contribution in [-0.2, 0) is 9.47 Å². The molecule has 0 saturated carbocycles. The molecule has 4 nitrogen and oxygen atoms in total. The Hall–Kier alpha value is -0.160. The largest absolute Gasteiger partial charge is 0.388 e. The smallest absolute Gasteiger partial charge is 0.0815 e. The lowest BCUT2D eigenvalue weighted by molar-refractivity contribution is -0.0644. The Bertz CT molecular complexity index is 249. The van der Waals surface area contributed by atoms with Gasteiger partial charge in [0.15, 0.2) is 0 Å². The Labute approximate surface area is 104 Å². The van der Waals surface area contributed by atoms with Gasteiger partial charge in [0.2, 0.25) is 0 Å². The second kappa shape index (κ2) is 5.22. The molecule has 2 heterocycles. The molecule has 2 saturated heterocycles. The van der Waals surface area contributed by atoms with Gasteiger partial charge in [0.25, 0.3) is 0 Å². The molecule has 0 aromatic carbocycles. The van der Waals surface area contributed by atoms with E-state index in [0.717, 1.165) is 32.2 Å². The lowest BCUT2D eigenvalue weighted by atomic mass is 9.94. The normalized spacial score (nSPS) is 31.6. The molecule has 0 bridgehead atoms. The molecule has 2 N–H and O–H groups in total. The van der Waals surface area contributed by atoms with Gasteiger partial charge in [0.1, 0.15) is 0 Å². The summed E-state index contributed by atoms with van der Waals surface area (Å²) >= 11 is 0. The van der Waals surface area contributed by atoms with Gasteiger partial charge in [-0.25, -0.2) is 0 Å². The zero-order valence-electron chi connectivity index (χ0n) is 11.0. The third kappa shape index (κ3) is 3.91. The molecular weight excluding hydrogens is 218 g/mol. The zero-order valence-corrected chi connectivity index (χ0v) is 11.0. The van der Waals surface area contributed by atoms with Gasteiger partial charge in [-0.05, 0) is 26.7 Å². The fourth-order valence-corrected chi connectivity index (χ4v) is 2.62. The molecule has 17 heavy (non-hydrogen) atoms. The molecule has 2 rings (SSSR count). The first-order valence-corrected chi connectivity index (χ1v) is 6.68. The Morgan fingerprint density at radius 3 is 2.53 bits per heavy atom. The van der Waals surface area contributed by atoms with Crippen LogP contribution in [0, 0.1) is 0 Å². The van der Waals surface area contributed by atoms with Crippen LogP contribution >= 0.6 is 0 Å². The molecule has 2 fully saturated rings. The molecule has 0 spiro atoms. The minimum absolute atomic E-state index is 0.0297. The van der Waals surface area contributed by atoms with Crippen LogP contribution in [0.2, 0.25) is 0 Å². The molecule has 0 amide bonds. The van der Waals surface area contributed by atoms with E-state index in [1.807, 2.05) is 0 Å². The summed E-state index contributed by atoms with van der Waals surface area (Å²) in [6.45, 7) is 7.11. The summed E-state index contributed by atoms with van der Waals surface area (Å²) in [5, 5.41) is 13.6. The van der Waals surface area contributed by atoms with E-state index in [2.05, 4.69) is 19.2 Å². The first kappa shape index (κ1) is 13.3. The van der Waals surface area contributed by atoms with Crippen molar-refractivity contribution in [2.75, 3.05) is 26.3 Å². The highest BCUT2D eigenvalue weighted by molar-refractivity contribution is 4.86. The summed E-state index contributed by atoms with van der Waals surface area (Å²) < 4.78 is 11.2. The van der Waals surface area contributed by atoms with E-state index >= 15 is 0 Å². The predicted molar refractivity (Wildman–Crippen MR) is 66.1 cm³/mol. The maximum absolute atomic E-state index is 10.3. The molecule has 2 aliphatic rings. The van der Waals surface area contributed by atoms with Gasteiger partial charge in [-0.2, -0.15) is 0 Å². The summed E-state index contributed by atoms with van der Waals surface area (Å²) in [5.41, 5.74) is -0.547. The predicted octanol–water partition coefficient (Wildman–Crippen LogP) is 1.08. The number of aliphatic hydroxyl groups is 1. The first-order valence-electron chi connectivity index (χ1n) is 6.68. The van der Waals surface area contributed by atoms with Gasteiger partial charge >= 0.3 is 0 Å². The van der Waals surface area contributed by atoms with Crippen LogP contribution in [0.25, 0.3) is 0 Å². The third-order valence-corrected chi connectivity index (χ3v) is 3.80. The van der Waals surface area contributed by atoms with Crippen LogP contribution in [-0.4, -0.2) is 48.7 Å². The Kier molecular flexibility index (Phi) is 4.08. The van der Waals surface area contributed by atoms with Crippen LogP contribution in [0.3, 0.4) is 0 Å². The third-order valence-electron chi connectivity index (χ3n) is 3.80. The van der Waals surface area contributed by atoms with E-state index in [9.17, 15) is 5.11 Å². The van der Waals surface area contributed by atoms with Crippen molar-refractivity contribution in [2.45, 2.75) is 56.8 Å². The first-order chi connectivity index (χ1) is 7.99. The summed E-state index contributed by atoms with van der Waals surface area (Å²) in [6.07, 6.45) is 4.00. The van der Waals surface area contributed by atoms with Crippen LogP contribution < -0.4 is 5.32 Å². The quantitative estimate of drug-likeness (QED) is 0.775. The van der Waals surface area contributed by atoms with Crippen LogP contribution in [0.1, 0.15) is 39.5 Å². The highest BCUT2D eigenvalue weighted by atomic mass is 16.5. The molecule has 0 aromatic rings. The van der Waals surface area contributed by atoms with E-state index < -0.39 is 5.60 Å². The fourth-order valence-electron chi connectivity index (χ4n) is 2.62. The summed E-state index contributed by atoms with van der Waals surface area (Å²) in [6, 6.07) is 0. The average Bonchev–Trinajstić information content (AvgIpc) is 2.59. The lowest BCUT2D eigenvalue weighted by Crippen LogP contribution is -2.46. The molecule has 2 aliphatic heterocycles. The van der Waals surface area contributed by atoms with Crippen molar-refractivity contribution in [2.24, 2.45) is 0 Å². The highest BCUT2D eigenvalue weighted by Gasteiger charge is 2.33. The molecule has 1 atom stereocenters. The molecule has 4 heteroatoms. The zero-order chi connectivity index (χ0) is 12.4. The standard InChI is InChI=1S/C13H25NO3/c1-12(2)4-3-11(17-12)9-14-10-13(15)5-7-16-8-6-13/h11,14-15H,3-10H2,1-2H3. The summed E-state index contributed by atoms with van der Waals surface area (Å²) in [7, 11) is 0. The van der Waals surface area contributed by atoms with Crippen molar-refractivity contribution in [1.29, 1.82) is 0 Å². The minimum atomic E-state index is -0.577. The van der Waals surface area contributed by atoms with Crippen molar-refractivity contribution in [3.8, 4) is 0 Å². The molecule has 1 unspecified atom stereocenters. The van der Waals surface area contributed by atoms with E-state index in [4.69, 9.17) is 9.47 Å². The van der Waals surface area contributed by atoms with Gasteiger partial charge in [0, 0.05) is 39.1 Å². The van der Waals surface area contributed by atoms with Crippen molar-refractivity contribution >= 4 is 0 Å². The van der Waals surface area contributed by atoms with Crippen molar-refractivity contribution < 1.29 is 14.6 Å². The SMILES string of the molecule is CC1(C)CCC(CNCC2(O)CCOCC2)O1. The highest BCUT2D eigenvalue weighted by Crippen LogP contribution is 2.29. The van der Waals surface area contributed by atoms with E-state index in [1.165, 1.54) is 0 Å². The Balaban J connectivity index is 1.66. The van der Waals surface area contributed by atoms with E-state index in [1.54, 1.807) is 0 Å². The maximum Gasteiger partial charge on any atom is 0.0815 e. The van der Waals surface area contributed by atoms with Crippen molar-refractivity contribution in [3.05, 3.63) is 0 Å². The number of hydrogen-bond acceptors (Lipinski definition) is 4. The molecule has 0 radical (unpaired) electrons. The molecular formula is C13H25NO3. The van der Waals surface area contributed by atoms with Gasteiger partial charge in [-0.1, -0.05) is 0 Å². The van der Waals surface area contributed by atoms with Crippen LogP contribution in [0.15, 0.2) is 0 Å². The Morgan fingerprint density at radius 1 is 1.24 bits per heavy atom. The molecule has 0 aliphatic carbocycles. The number of nitrogens with one attached hydrogen (secondary N) is 1. The number of hydrogen-bond donors (Lipinski definition) is 2. The summed E-state index contributed by atoms with van der Waals surface area (Å²) in [5.74, 6) is 0. The minimum Gasteiger partial charge on any atom is -0.388 e. The van der Waals surface area contributed by atoms with Crippen LogP contribution in [0.5, 0.6) is 0 Å². The van der Waals surface area contributed by atoms with Gasteiger partial charge in [-0.3, -0.25) is 0 Å². The second-order valence-corrected chi connectivity index (χ2v) is 6.01. The lowest BCUT2D eigenvalue weighted by Gasteiger charge is -2.32. The second-order valence-electron chi connectivity index (χ2n) is 6.01. The average molecular weight is 243 g/mol. The van der Waals surface area contributed by atoms with E-state index in [-0.39, 0.29) is 5.60 Å². The summed E-state index contributed by atoms with van der Waals surface area (Å²) in [4.78, 5) is 0.